The lowest BCUT2D eigenvalue weighted by Gasteiger charge is -2.08. The number of nitrogens with zero attached hydrogens (tertiary/aromatic N) is 5. The van der Waals surface area contributed by atoms with Crippen molar-refractivity contribution < 1.29 is 0 Å². The Balaban J connectivity index is 1.48. The summed E-state index contributed by atoms with van der Waals surface area (Å²) in [5, 5.41) is 7.81. The maximum atomic E-state index is 4.67. The zero-order chi connectivity index (χ0) is 20.1. The molecule has 5 nitrogen and oxygen atoms in total. The van der Waals surface area contributed by atoms with Gasteiger partial charge in [0, 0.05) is 35.7 Å². The summed E-state index contributed by atoms with van der Waals surface area (Å²) in [6, 6.07) is 18.2. The van der Waals surface area contributed by atoms with Gasteiger partial charge in [0.15, 0.2) is 5.82 Å². The molecule has 0 saturated heterocycles. The highest BCUT2D eigenvalue weighted by Gasteiger charge is 2.05. The first-order chi connectivity index (χ1) is 14.2. The van der Waals surface area contributed by atoms with Gasteiger partial charge < -0.3 is 0 Å². The minimum absolute atomic E-state index is 0.707. The zero-order valence-corrected chi connectivity index (χ0v) is 16.4. The lowest BCUT2D eigenvalue weighted by atomic mass is 9.98. The summed E-state index contributed by atoms with van der Waals surface area (Å²) >= 11 is 0. The van der Waals surface area contributed by atoms with Crippen LogP contribution in [-0.2, 0) is 6.42 Å². The summed E-state index contributed by atoms with van der Waals surface area (Å²) in [4.78, 5) is 13.5. The minimum atomic E-state index is 0.707. The second kappa shape index (κ2) is 8.52. The first-order valence-corrected chi connectivity index (χ1v) is 9.47. The maximum absolute atomic E-state index is 4.67. The van der Waals surface area contributed by atoms with Crippen molar-refractivity contribution in [2.45, 2.75) is 20.3 Å². The van der Waals surface area contributed by atoms with Crippen molar-refractivity contribution in [3.05, 3.63) is 90.5 Å². The number of rotatable bonds is 5. The molecule has 5 heteroatoms. The Labute approximate surface area is 170 Å². The Morgan fingerprint density at radius 1 is 0.862 bits per heavy atom. The molecular weight excluding hydrogens is 358 g/mol. The molecule has 0 spiro atoms. The normalized spacial score (nSPS) is 11.4. The van der Waals surface area contributed by atoms with Crippen molar-refractivity contribution in [3.8, 4) is 22.4 Å². The fourth-order valence-corrected chi connectivity index (χ4v) is 3.28. The van der Waals surface area contributed by atoms with E-state index in [9.17, 15) is 0 Å². The molecule has 0 atom stereocenters. The van der Waals surface area contributed by atoms with Crippen LogP contribution >= 0.6 is 0 Å². The molecule has 0 bridgehead atoms. The van der Waals surface area contributed by atoms with Gasteiger partial charge in [0.2, 0.25) is 0 Å². The molecule has 0 N–H and O–H groups in total. The Kier molecular flexibility index (Phi) is 5.47. The zero-order valence-electron chi connectivity index (χ0n) is 16.4. The highest BCUT2D eigenvalue weighted by Crippen LogP contribution is 2.24. The summed E-state index contributed by atoms with van der Waals surface area (Å²) in [6.07, 6.45) is 7.88. The monoisotopic (exact) mass is 379 g/mol. The van der Waals surface area contributed by atoms with E-state index in [0.717, 1.165) is 29.0 Å². The van der Waals surface area contributed by atoms with Crippen LogP contribution in [0.4, 0.5) is 5.82 Å². The molecule has 0 fully saturated rings. The highest BCUT2D eigenvalue weighted by atomic mass is 15.1. The summed E-state index contributed by atoms with van der Waals surface area (Å²) in [6.45, 7) is 4.15. The van der Waals surface area contributed by atoms with E-state index in [-0.39, 0.29) is 0 Å². The molecule has 0 aliphatic carbocycles. The van der Waals surface area contributed by atoms with Crippen molar-refractivity contribution in [2.24, 2.45) is 4.99 Å². The van der Waals surface area contributed by atoms with Crippen LogP contribution < -0.4 is 0 Å². The maximum Gasteiger partial charge on any atom is 0.151 e. The van der Waals surface area contributed by atoms with Crippen molar-refractivity contribution in [1.82, 2.24) is 20.2 Å². The molecule has 4 aromatic rings. The highest BCUT2D eigenvalue weighted by molar-refractivity contribution is 5.86. The molecular formula is C24H21N5. The van der Waals surface area contributed by atoms with Crippen LogP contribution in [0.15, 0.2) is 84.4 Å². The quantitative estimate of drug-likeness (QED) is 0.445. The standard InChI is InChI=1S/C24H21N5/c1-17-13-19(6-8-22(17)20-10-12-27-28-16-20)14-18(2)29-24-9-7-21(15-26-24)23-5-3-4-11-25-23/h3-13,15-16H,14H2,1-2H3. The van der Waals surface area contributed by atoms with Crippen LogP contribution in [0.25, 0.3) is 22.4 Å². The second-order valence-electron chi connectivity index (χ2n) is 6.92. The third kappa shape index (κ3) is 4.58. The molecule has 0 aliphatic rings. The van der Waals surface area contributed by atoms with Crippen LogP contribution in [-0.4, -0.2) is 25.9 Å². The van der Waals surface area contributed by atoms with Gasteiger partial charge in [-0.2, -0.15) is 10.2 Å². The summed E-state index contributed by atoms with van der Waals surface area (Å²) < 4.78 is 0. The molecule has 142 valence electrons. The molecule has 4 rings (SSSR count). The largest absolute Gasteiger partial charge is 0.256 e. The minimum Gasteiger partial charge on any atom is -0.256 e. The molecule has 1 aromatic carbocycles. The SMILES string of the molecule is CC(Cc1ccc(-c2ccnnc2)c(C)c1)=Nc1ccc(-c2ccccn2)cn1. The van der Waals surface area contributed by atoms with Crippen molar-refractivity contribution >= 4 is 11.5 Å². The fourth-order valence-electron chi connectivity index (χ4n) is 3.28. The topological polar surface area (TPSA) is 63.9 Å². The number of aromatic nitrogens is 4. The average molecular weight is 379 g/mol. The lowest BCUT2D eigenvalue weighted by molar-refractivity contribution is 1.03. The second-order valence-corrected chi connectivity index (χ2v) is 6.92. The molecule has 3 aromatic heterocycles. The Morgan fingerprint density at radius 2 is 1.79 bits per heavy atom. The van der Waals surface area contributed by atoms with E-state index < -0.39 is 0 Å². The number of aliphatic imine (C=N–C) groups is 1. The smallest absolute Gasteiger partial charge is 0.151 e. The number of benzene rings is 1. The first-order valence-electron chi connectivity index (χ1n) is 9.47. The predicted molar refractivity (Wildman–Crippen MR) is 116 cm³/mol. The third-order valence-corrected chi connectivity index (χ3v) is 4.66. The lowest BCUT2D eigenvalue weighted by Crippen LogP contribution is -1.99. The average Bonchev–Trinajstić information content (AvgIpc) is 2.75. The van der Waals surface area contributed by atoms with Gasteiger partial charge in [-0.25, -0.2) is 9.98 Å². The van der Waals surface area contributed by atoms with Crippen LogP contribution in [0.3, 0.4) is 0 Å². The van der Waals surface area contributed by atoms with Crippen LogP contribution in [0.2, 0.25) is 0 Å². The van der Waals surface area contributed by atoms with Gasteiger partial charge in [0.1, 0.15) is 0 Å². The van der Waals surface area contributed by atoms with E-state index in [2.05, 4.69) is 50.3 Å². The number of aryl methyl sites for hydroxylation is 1. The molecule has 0 amide bonds. The van der Waals surface area contributed by atoms with Crippen molar-refractivity contribution in [3.63, 3.8) is 0 Å². The van der Waals surface area contributed by atoms with Crippen LogP contribution in [0, 0.1) is 6.92 Å². The van der Waals surface area contributed by atoms with E-state index in [0.29, 0.717) is 5.82 Å². The van der Waals surface area contributed by atoms with E-state index in [1.54, 1.807) is 18.6 Å². The molecule has 0 unspecified atom stereocenters. The van der Waals surface area contributed by atoms with Gasteiger partial charge in [-0.1, -0.05) is 24.3 Å². The summed E-state index contributed by atoms with van der Waals surface area (Å²) in [7, 11) is 0. The molecule has 3 heterocycles. The van der Waals surface area contributed by atoms with Crippen LogP contribution in [0.5, 0.6) is 0 Å². The van der Waals surface area contributed by atoms with E-state index >= 15 is 0 Å². The first kappa shape index (κ1) is 18.6. The number of hydrogen-bond donors (Lipinski definition) is 0. The Hall–Kier alpha value is -3.73. The Morgan fingerprint density at radius 3 is 2.48 bits per heavy atom. The van der Waals surface area contributed by atoms with Crippen LogP contribution in [0.1, 0.15) is 18.1 Å². The fraction of sp³-hybridized carbons (Fsp3) is 0.125. The van der Waals surface area contributed by atoms with Gasteiger partial charge in [0.25, 0.3) is 0 Å². The van der Waals surface area contributed by atoms with Gasteiger partial charge in [0.05, 0.1) is 18.1 Å². The predicted octanol–water partition coefficient (Wildman–Crippen LogP) is 5.24. The van der Waals surface area contributed by atoms with Gasteiger partial charge in [-0.3, -0.25) is 4.98 Å². The summed E-state index contributed by atoms with van der Waals surface area (Å²) in [5.74, 6) is 0.707. The van der Waals surface area contributed by atoms with Crippen molar-refractivity contribution in [2.75, 3.05) is 0 Å². The van der Waals surface area contributed by atoms with E-state index in [1.807, 2.05) is 49.5 Å². The van der Waals surface area contributed by atoms with Crippen molar-refractivity contribution in [1.29, 1.82) is 0 Å². The molecule has 29 heavy (non-hydrogen) atoms. The summed E-state index contributed by atoms with van der Waals surface area (Å²) in [5.41, 5.74) is 7.59. The molecule has 0 saturated carbocycles. The van der Waals surface area contributed by atoms with E-state index in [4.69, 9.17) is 0 Å². The van der Waals surface area contributed by atoms with Gasteiger partial charge in [-0.05, 0) is 60.9 Å². The Bertz CT molecular complexity index is 1120. The molecule has 0 aliphatic heterocycles. The van der Waals surface area contributed by atoms with Gasteiger partial charge in [-0.15, -0.1) is 0 Å². The third-order valence-electron chi connectivity index (χ3n) is 4.66. The number of pyridine rings is 2. The van der Waals surface area contributed by atoms with Gasteiger partial charge >= 0.3 is 0 Å². The molecule has 0 radical (unpaired) electrons. The van der Waals surface area contributed by atoms with E-state index in [1.165, 1.54) is 16.7 Å². The number of hydrogen-bond acceptors (Lipinski definition) is 5.